The summed E-state index contributed by atoms with van der Waals surface area (Å²) in [7, 11) is 1.36. The van der Waals surface area contributed by atoms with Crippen LogP contribution in [0.5, 0.6) is 0 Å². The van der Waals surface area contributed by atoms with Gasteiger partial charge >= 0.3 is 5.97 Å². The lowest BCUT2D eigenvalue weighted by Gasteiger charge is -1.97. The van der Waals surface area contributed by atoms with Gasteiger partial charge in [0.05, 0.1) is 45.8 Å². The second-order valence-corrected chi connectivity index (χ2v) is 10.1. The number of esters is 1. The molecule has 10 nitrogen and oxygen atoms in total. The van der Waals surface area contributed by atoms with Gasteiger partial charge in [0.25, 0.3) is 0 Å². The SMILES string of the molecule is COC(=O)c1ccc2nc(-c3n[nH]c4ccccc34)[nH]c2c1.Cc1cc2nc(-c3n[nH]c4ccccc34)[nH]c2cc1C. The maximum Gasteiger partial charge on any atom is 0.337 e. The summed E-state index contributed by atoms with van der Waals surface area (Å²) >= 11 is 0. The van der Waals surface area contributed by atoms with Crippen molar-refractivity contribution in [3.05, 3.63) is 95.6 Å². The molecule has 4 aromatic carbocycles. The number of ether oxygens (including phenoxy) is 1. The van der Waals surface area contributed by atoms with Crippen LogP contribution in [0.3, 0.4) is 0 Å². The zero-order valence-corrected chi connectivity index (χ0v) is 23.1. The third kappa shape index (κ3) is 4.35. The summed E-state index contributed by atoms with van der Waals surface area (Å²) in [5.74, 6) is 1.10. The topological polar surface area (TPSA) is 141 Å². The number of aromatic amines is 4. The number of para-hydroxylation sites is 2. The average Bonchev–Trinajstić information content (AvgIpc) is 3.80. The number of carbonyl (C=O) groups excluding carboxylic acids is 1. The predicted molar refractivity (Wildman–Crippen MR) is 163 cm³/mol. The highest BCUT2D eigenvalue weighted by Crippen LogP contribution is 2.28. The highest BCUT2D eigenvalue weighted by molar-refractivity contribution is 5.96. The summed E-state index contributed by atoms with van der Waals surface area (Å²) in [6.07, 6.45) is 0. The Morgan fingerprint density at radius 1 is 0.643 bits per heavy atom. The van der Waals surface area contributed by atoms with Gasteiger partial charge in [0.1, 0.15) is 11.4 Å². The number of nitrogens with zero attached hydrogens (tertiary/aromatic N) is 4. The highest BCUT2D eigenvalue weighted by atomic mass is 16.5. The van der Waals surface area contributed by atoms with Crippen molar-refractivity contribution in [2.75, 3.05) is 7.11 Å². The largest absolute Gasteiger partial charge is 0.465 e. The molecule has 0 aliphatic rings. The minimum atomic E-state index is -0.372. The first-order valence-electron chi connectivity index (χ1n) is 13.4. The Kier molecular flexibility index (Phi) is 6.01. The number of nitrogens with one attached hydrogen (secondary N) is 4. The number of benzene rings is 4. The Balaban J connectivity index is 0.000000138. The first kappa shape index (κ1) is 25.2. The van der Waals surface area contributed by atoms with E-state index in [1.165, 1.54) is 18.2 Å². The van der Waals surface area contributed by atoms with Crippen LogP contribution in [0.15, 0.2) is 78.9 Å². The van der Waals surface area contributed by atoms with Crippen LogP contribution in [0.1, 0.15) is 21.5 Å². The molecule has 0 saturated heterocycles. The Morgan fingerprint density at radius 3 is 1.81 bits per heavy atom. The summed E-state index contributed by atoms with van der Waals surface area (Å²) in [6.45, 7) is 4.21. The molecule has 206 valence electrons. The molecule has 4 aromatic heterocycles. The zero-order valence-electron chi connectivity index (χ0n) is 23.1. The fourth-order valence-electron chi connectivity index (χ4n) is 5.04. The minimum Gasteiger partial charge on any atom is -0.465 e. The lowest BCUT2D eigenvalue weighted by molar-refractivity contribution is 0.0601. The van der Waals surface area contributed by atoms with Crippen LogP contribution >= 0.6 is 0 Å². The molecule has 8 aromatic rings. The van der Waals surface area contributed by atoms with Gasteiger partial charge in [0.2, 0.25) is 0 Å². The summed E-state index contributed by atoms with van der Waals surface area (Å²) in [5, 5.41) is 16.8. The fourth-order valence-corrected chi connectivity index (χ4v) is 5.04. The number of rotatable bonds is 3. The van der Waals surface area contributed by atoms with E-state index in [2.05, 4.69) is 72.4 Å². The molecule has 0 spiro atoms. The van der Waals surface area contributed by atoms with E-state index in [9.17, 15) is 4.79 Å². The van der Waals surface area contributed by atoms with Gasteiger partial charge < -0.3 is 14.7 Å². The van der Waals surface area contributed by atoms with E-state index in [-0.39, 0.29) is 5.97 Å². The maximum atomic E-state index is 11.6. The predicted octanol–water partition coefficient (Wildman–Crippen LogP) is 6.62. The van der Waals surface area contributed by atoms with Crippen LogP contribution in [-0.4, -0.2) is 53.4 Å². The smallest absolute Gasteiger partial charge is 0.337 e. The standard InChI is InChI=1S/C16H12N4O2.C16H14N4/c1-22-16(21)9-6-7-12-13(8-9)18-15(17-12)14-10-4-2-3-5-11(10)19-20-14;1-9-7-13-14(8-10(9)2)18-16(17-13)15-11-5-3-4-6-12(11)19-20-15/h2-8H,1H3,(H,17,18)(H,19,20);3-8H,1-2H3,(H,17,18)(H,19,20). The van der Waals surface area contributed by atoms with Crippen molar-refractivity contribution in [1.82, 2.24) is 40.3 Å². The van der Waals surface area contributed by atoms with E-state index in [0.717, 1.165) is 61.1 Å². The molecule has 0 atom stereocenters. The lowest BCUT2D eigenvalue weighted by Crippen LogP contribution is -2.00. The number of H-pyrrole nitrogens is 4. The number of methoxy groups -OCH3 is 1. The van der Waals surface area contributed by atoms with Crippen LogP contribution in [0.2, 0.25) is 0 Å². The molecule has 0 fully saturated rings. The van der Waals surface area contributed by atoms with Crippen molar-refractivity contribution in [1.29, 1.82) is 0 Å². The molecule has 4 N–H and O–H groups in total. The highest BCUT2D eigenvalue weighted by Gasteiger charge is 2.15. The van der Waals surface area contributed by atoms with Crippen molar-refractivity contribution in [2.45, 2.75) is 13.8 Å². The molecular weight excluding hydrogens is 528 g/mol. The zero-order chi connectivity index (χ0) is 28.8. The second-order valence-electron chi connectivity index (χ2n) is 10.1. The van der Waals surface area contributed by atoms with Gasteiger partial charge in [-0.15, -0.1) is 0 Å². The van der Waals surface area contributed by atoms with Gasteiger partial charge in [0.15, 0.2) is 11.6 Å². The van der Waals surface area contributed by atoms with E-state index >= 15 is 0 Å². The molecule has 0 aliphatic carbocycles. The normalized spacial score (nSPS) is 11.3. The number of hydrogen-bond acceptors (Lipinski definition) is 6. The van der Waals surface area contributed by atoms with Crippen molar-refractivity contribution in [3.63, 3.8) is 0 Å². The molecule has 0 amide bonds. The van der Waals surface area contributed by atoms with Gasteiger partial charge in [-0.3, -0.25) is 10.2 Å². The number of hydrogen-bond donors (Lipinski definition) is 4. The number of carbonyl (C=O) groups is 1. The van der Waals surface area contributed by atoms with E-state index in [4.69, 9.17) is 4.74 Å². The van der Waals surface area contributed by atoms with Crippen LogP contribution in [0.4, 0.5) is 0 Å². The Hall–Kier alpha value is -5.77. The molecular formula is C32H26N8O2. The number of aromatic nitrogens is 8. The average molecular weight is 555 g/mol. The van der Waals surface area contributed by atoms with Gasteiger partial charge in [-0.2, -0.15) is 10.2 Å². The molecule has 0 saturated carbocycles. The molecule has 0 radical (unpaired) electrons. The lowest BCUT2D eigenvalue weighted by atomic mass is 10.1. The van der Waals surface area contributed by atoms with Gasteiger partial charge in [-0.1, -0.05) is 36.4 Å². The maximum absolute atomic E-state index is 11.6. The summed E-state index contributed by atoms with van der Waals surface area (Å²) < 4.78 is 4.73. The van der Waals surface area contributed by atoms with Crippen LogP contribution < -0.4 is 0 Å². The molecule has 42 heavy (non-hydrogen) atoms. The summed E-state index contributed by atoms with van der Waals surface area (Å²) in [6, 6.07) is 25.4. The number of imidazole rings is 2. The van der Waals surface area contributed by atoms with Crippen LogP contribution in [-0.2, 0) is 4.74 Å². The van der Waals surface area contributed by atoms with E-state index in [0.29, 0.717) is 11.4 Å². The Bertz CT molecular complexity index is 2210. The third-order valence-corrected chi connectivity index (χ3v) is 7.39. The molecule has 10 heteroatoms. The monoisotopic (exact) mass is 554 g/mol. The summed E-state index contributed by atoms with van der Waals surface area (Å²) in [5.41, 5.74) is 10.2. The van der Waals surface area contributed by atoms with Crippen molar-refractivity contribution < 1.29 is 9.53 Å². The van der Waals surface area contributed by atoms with E-state index in [1.807, 2.05) is 42.5 Å². The minimum absolute atomic E-state index is 0.372. The first-order valence-corrected chi connectivity index (χ1v) is 13.4. The molecule has 8 rings (SSSR count). The Morgan fingerprint density at radius 2 is 1.19 bits per heavy atom. The number of fused-ring (bicyclic) bond motifs is 4. The summed E-state index contributed by atoms with van der Waals surface area (Å²) in [4.78, 5) is 27.4. The van der Waals surface area contributed by atoms with Gasteiger partial charge in [0, 0.05) is 10.8 Å². The van der Waals surface area contributed by atoms with E-state index < -0.39 is 0 Å². The van der Waals surface area contributed by atoms with Crippen molar-refractivity contribution in [3.8, 4) is 23.0 Å². The van der Waals surface area contributed by atoms with E-state index in [1.54, 1.807) is 18.2 Å². The van der Waals surface area contributed by atoms with Crippen molar-refractivity contribution in [2.24, 2.45) is 0 Å². The fraction of sp³-hybridized carbons (Fsp3) is 0.0938. The van der Waals surface area contributed by atoms with Gasteiger partial charge in [-0.05, 0) is 67.4 Å². The molecule has 4 heterocycles. The molecule has 0 aliphatic heterocycles. The molecule has 0 unspecified atom stereocenters. The third-order valence-electron chi connectivity index (χ3n) is 7.39. The van der Waals surface area contributed by atoms with Crippen LogP contribution in [0, 0.1) is 13.8 Å². The van der Waals surface area contributed by atoms with Gasteiger partial charge in [-0.25, -0.2) is 14.8 Å². The second kappa shape index (κ2) is 10.0. The quantitative estimate of drug-likeness (QED) is 0.181. The number of aryl methyl sites for hydroxylation is 2. The van der Waals surface area contributed by atoms with Crippen molar-refractivity contribution >= 4 is 49.8 Å². The van der Waals surface area contributed by atoms with Crippen LogP contribution in [0.25, 0.3) is 66.9 Å². The molecule has 0 bridgehead atoms. The first-order chi connectivity index (χ1) is 20.5. The Labute approximate surface area is 239 Å².